The molecule has 7 heteroatoms. The van der Waals surface area contributed by atoms with Gasteiger partial charge in [0.25, 0.3) is 0 Å². The van der Waals surface area contributed by atoms with Crippen LogP contribution in [-0.4, -0.2) is 28.3 Å². The standard InChI is InChI=1S/C22H20N4O3/c1-15-5-7-18(8-6-15)26-14-16(11-21(26)27)22(28)25-17-3-2-4-19(12-17)29-20-13-23-9-10-24-20/h2-10,12-13,16H,11,14H2,1H3,(H,25,28)/t16-/m1/s1. The second-order valence-electron chi connectivity index (χ2n) is 6.90. The van der Waals surface area contributed by atoms with Crippen molar-refractivity contribution in [3.05, 3.63) is 72.7 Å². The van der Waals surface area contributed by atoms with Crippen LogP contribution in [0.15, 0.2) is 67.1 Å². The molecule has 29 heavy (non-hydrogen) atoms. The third kappa shape index (κ3) is 4.40. The van der Waals surface area contributed by atoms with Gasteiger partial charge < -0.3 is 15.0 Å². The number of ether oxygens (including phenoxy) is 1. The van der Waals surface area contributed by atoms with Crippen LogP contribution in [0.5, 0.6) is 11.6 Å². The molecule has 1 aliphatic heterocycles. The Hall–Kier alpha value is -3.74. The summed E-state index contributed by atoms with van der Waals surface area (Å²) in [4.78, 5) is 34.8. The molecular weight excluding hydrogens is 368 g/mol. The minimum atomic E-state index is -0.409. The van der Waals surface area contributed by atoms with Crippen LogP contribution < -0.4 is 15.0 Å². The Morgan fingerprint density at radius 1 is 1.17 bits per heavy atom. The van der Waals surface area contributed by atoms with Gasteiger partial charge in [-0.2, -0.15) is 0 Å². The van der Waals surface area contributed by atoms with Gasteiger partial charge in [0.1, 0.15) is 5.75 Å². The molecule has 3 aromatic rings. The van der Waals surface area contributed by atoms with E-state index in [4.69, 9.17) is 4.74 Å². The number of nitrogens with zero attached hydrogens (tertiary/aromatic N) is 3. The highest BCUT2D eigenvalue weighted by Crippen LogP contribution is 2.27. The molecule has 1 aliphatic rings. The fraction of sp³-hybridized carbons (Fsp3) is 0.182. The van der Waals surface area contributed by atoms with Crippen LogP contribution in [0.2, 0.25) is 0 Å². The van der Waals surface area contributed by atoms with E-state index in [1.807, 2.05) is 31.2 Å². The Kier molecular flexibility index (Phi) is 5.20. The van der Waals surface area contributed by atoms with Crippen molar-refractivity contribution in [3.63, 3.8) is 0 Å². The molecule has 146 valence electrons. The van der Waals surface area contributed by atoms with Crippen LogP contribution in [0.1, 0.15) is 12.0 Å². The first-order chi connectivity index (χ1) is 14.1. The highest BCUT2D eigenvalue weighted by molar-refractivity contribution is 6.03. The molecule has 1 aromatic heterocycles. The van der Waals surface area contributed by atoms with Crippen LogP contribution in [0.3, 0.4) is 0 Å². The van der Waals surface area contributed by atoms with E-state index in [0.717, 1.165) is 11.3 Å². The zero-order valence-electron chi connectivity index (χ0n) is 15.9. The van der Waals surface area contributed by atoms with E-state index in [1.165, 1.54) is 12.4 Å². The van der Waals surface area contributed by atoms with E-state index in [9.17, 15) is 9.59 Å². The molecule has 0 bridgehead atoms. The third-order valence-corrected chi connectivity index (χ3v) is 4.70. The molecule has 0 unspecified atom stereocenters. The molecule has 7 nitrogen and oxygen atoms in total. The van der Waals surface area contributed by atoms with E-state index in [-0.39, 0.29) is 18.2 Å². The number of hydrogen-bond acceptors (Lipinski definition) is 5. The second kappa shape index (κ2) is 8.10. The topological polar surface area (TPSA) is 84.4 Å². The maximum atomic E-state index is 12.7. The first kappa shape index (κ1) is 18.6. The molecule has 1 saturated heterocycles. The van der Waals surface area contributed by atoms with E-state index in [1.54, 1.807) is 35.4 Å². The lowest BCUT2D eigenvalue weighted by molar-refractivity contribution is -0.122. The first-order valence-corrected chi connectivity index (χ1v) is 9.30. The first-order valence-electron chi connectivity index (χ1n) is 9.30. The fourth-order valence-corrected chi connectivity index (χ4v) is 3.20. The molecule has 0 saturated carbocycles. The number of aromatic nitrogens is 2. The maximum absolute atomic E-state index is 12.7. The van der Waals surface area contributed by atoms with Crippen molar-refractivity contribution in [1.29, 1.82) is 0 Å². The number of benzene rings is 2. The van der Waals surface area contributed by atoms with E-state index >= 15 is 0 Å². The largest absolute Gasteiger partial charge is 0.437 e. The number of amides is 2. The molecular formula is C22H20N4O3. The van der Waals surface area contributed by atoms with Crippen LogP contribution in [0, 0.1) is 12.8 Å². The summed E-state index contributed by atoms with van der Waals surface area (Å²) in [5.74, 6) is 0.255. The van der Waals surface area contributed by atoms with Gasteiger partial charge in [-0.3, -0.25) is 14.6 Å². The lowest BCUT2D eigenvalue weighted by Gasteiger charge is -2.17. The van der Waals surface area contributed by atoms with Crippen molar-refractivity contribution < 1.29 is 14.3 Å². The summed E-state index contributed by atoms with van der Waals surface area (Å²) in [6.45, 7) is 2.36. The molecule has 2 aromatic carbocycles. The smallest absolute Gasteiger partial charge is 0.237 e. The highest BCUT2D eigenvalue weighted by atomic mass is 16.5. The Morgan fingerprint density at radius 2 is 2.00 bits per heavy atom. The minimum absolute atomic E-state index is 0.0475. The zero-order chi connectivity index (χ0) is 20.2. The summed E-state index contributed by atoms with van der Waals surface area (Å²) in [5, 5.41) is 2.88. The van der Waals surface area contributed by atoms with Crippen molar-refractivity contribution in [2.24, 2.45) is 5.92 Å². The van der Waals surface area contributed by atoms with Gasteiger partial charge in [0.2, 0.25) is 17.7 Å². The maximum Gasteiger partial charge on any atom is 0.237 e. The van der Waals surface area contributed by atoms with E-state index in [0.29, 0.717) is 23.9 Å². The van der Waals surface area contributed by atoms with Crippen molar-refractivity contribution in [2.75, 3.05) is 16.8 Å². The fourth-order valence-electron chi connectivity index (χ4n) is 3.20. The summed E-state index contributed by atoms with van der Waals surface area (Å²) < 4.78 is 5.64. The van der Waals surface area contributed by atoms with Crippen molar-refractivity contribution in [3.8, 4) is 11.6 Å². The number of rotatable bonds is 5. The third-order valence-electron chi connectivity index (χ3n) is 4.70. The molecule has 1 N–H and O–H groups in total. The molecule has 4 rings (SSSR count). The highest BCUT2D eigenvalue weighted by Gasteiger charge is 2.35. The lowest BCUT2D eigenvalue weighted by Crippen LogP contribution is -2.28. The van der Waals surface area contributed by atoms with Gasteiger partial charge in [0, 0.05) is 42.8 Å². The predicted octanol–water partition coefficient (Wildman–Crippen LogP) is 3.57. The summed E-state index contributed by atoms with van der Waals surface area (Å²) >= 11 is 0. The van der Waals surface area contributed by atoms with Crippen LogP contribution >= 0.6 is 0 Å². The number of nitrogens with one attached hydrogen (secondary N) is 1. The lowest BCUT2D eigenvalue weighted by atomic mass is 10.1. The minimum Gasteiger partial charge on any atom is -0.437 e. The van der Waals surface area contributed by atoms with Gasteiger partial charge in [-0.05, 0) is 31.2 Å². The molecule has 1 fully saturated rings. The number of carbonyl (C=O) groups excluding carboxylic acids is 2. The SMILES string of the molecule is Cc1ccc(N2C[C@H](C(=O)Nc3cccc(Oc4cnccn4)c3)CC2=O)cc1. The molecule has 0 radical (unpaired) electrons. The monoisotopic (exact) mass is 388 g/mol. The molecule has 2 heterocycles. The molecule has 1 atom stereocenters. The quantitative estimate of drug-likeness (QED) is 0.722. The summed E-state index contributed by atoms with van der Waals surface area (Å²) in [6.07, 6.45) is 4.80. The van der Waals surface area contributed by atoms with Gasteiger partial charge in [-0.25, -0.2) is 4.98 Å². The number of hydrogen-bond donors (Lipinski definition) is 1. The van der Waals surface area contributed by atoms with Crippen LogP contribution in [0.25, 0.3) is 0 Å². The van der Waals surface area contributed by atoms with Crippen molar-refractivity contribution >= 4 is 23.2 Å². The Labute approximate surface area is 168 Å². The van der Waals surface area contributed by atoms with Crippen LogP contribution in [0.4, 0.5) is 11.4 Å². The second-order valence-corrected chi connectivity index (χ2v) is 6.90. The van der Waals surface area contributed by atoms with Crippen molar-refractivity contribution in [1.82, 2.24) is 9.97 Å². The van der Waals surface area contributed by atoms with Gasteiger partial charge in [-0.1, -0.05) is 23.8 Å². The van der Waals surface area contributed by atoms with Gasteiger partial charge in [0.05, 0.1) is 12.1 Å². The Morgan fingerprint density at radius 3 is 2.76 bits per heavy atom. The average Bonchev–Trinajstić information content (AvgIpc) is 3.11. The summed E-state index contributed by atoms with van der Waals surface area (Å²) in [6, 6.07) is 14.7. The van der Waals surface area contributed by atoms with Gasteiger partial charge in [-0.15, -0.1) is 0 Å². The Balaban J connectivity index is 1.41. The molecule has 0 spiro atoms. The van der Waals surface area contributed by atoms with Crippen LogP contribution in [-0.2, 0) is 9.59 Å². The number of carbonyl (C=O) groups is 2. The van der Waals surface area contributed by atoms with Gasteiger partial charge >= 0.3 is 0 Å². The van der Waals surface area contributed by atoms with E-state index in [2.05, 4.69) is 15.3 Å². The number of anilines is 2. The normalized spacial score (nSPS) is 16.0. The molecule has 0 aliphatic carbocycles. The average molecular weight is 388 g/mol. The number of aryl methyl sites for hydroxylation is 1. The van der Waals surface area contributed by atoms with E-state index < -0.39 is 5.92 Å². The summed E-state index contributed by atoms with van der Waals surface area (Å²) in [7, 11) is 0. The predicted molar refractivity (Wildman–Crippen MR) is 109 cm³/mol. The summed E-state index contributed by atoms with van der Waals surface area (Å²) in [5.41, 5.74) is 2.53. The Bertz CT molecular complexity index is 1020. The molecule has 2 amide bonds. The van der Waals surface area contributed by atoms with Gasteiger partial charge in [0.15, 0.2) is 0 Å². The van der Waals surface area contributed by atoms with Crippen molar-refractivity contribution in [2.45, 2.75) is 13.3 Å². The zero-order valence-corrected chi connectivity index (χ0v) is 15.9.